The van der Waals surface area contributed by atoms with Gasteiger partial charge in [-0.15, -0.1) is 0 Å². The van der Waals surface area contributed by atoms with Gasteiger partial charge in [-0.3, -0.25) is 9.59 Å². The highest BCUT2D eigenvalue weighted by Gasteiger charge is 2.42. The van der Waals surface area contributed by atoms with E-state index in [2.05, 4.69) is 22.3 Å². The Balaban J connectivity index is 1.42. The van der Waals surface area contributed by atoms with Crippen molar-refractivity contribution in [3.8, 4) is 5.75 Å². The number of aryl methyl sites for hydroxylation is 1. The number of hydrogen-bond acceptors (Lipinski definition) is 7. The summed E-state index contributed by atoms with van der Waals surface area (Å²) >= 11 is 0. The lowest BCUT2D eigenvalue weighted by Crippen LogP contribution is -2.28. The first kappa shape index (κ1) is 26.4. The summed E-state index contributed by atoms with van der Waals surface area (Å²) in [5.41, 5.74) is 2.88. The van der Waals surface area contributed by atoms with E-state index in [4.69, 9.17) is 9.72 Å². The summed E-state index contributed by atoms with van der Waals surface area (Å²) in [4.78, 5) is 33.3. The van der Waals surface area contributed by atoms with Crippen LogP contribution >= 0.6 is 0 Å². The third kappa shape index (κ3) is 5.80. The Morgan fingerprint density at radius 1 is 1.33 bits per heavy atom. The molecular formula is C29H34N6O4. The zero-order chi connectivity index (χ0) is 27.7. The summed E-state index contributed by atoms with van der Waals surface area (Å²) in [5, 5.41) is 15.7. The molecule has 2 aromatic heterocycles. The highest BCUT2D eigenvalue weighted by atomic mass is 16.5. The normalized spacial score (nSPS) is 16.7. The maximum Gasteiger partial charge on any atom is 0.274 e. The third-order valence-corrected chi connectivity index (χ3v) is 7.33. The molecule has 5 rings (SSSR count). The second kappa shape index (κ2) is 10.5. The van der Waals surface area contributed by atoms with Crippen LogP contribution in [0.3, 0.4) is 0 Å². The van der Waals surface area contributed by atoms with Crippen LogP contribution in [0, 0.1) is 5.41 Å². The highest BCUT2D eigenvalue weighted by molar-refractivity contribution is 5.81. The van der Waals surface area contributed by atoms with E-state index in [-0.39, 0.29) is 29.3 Å². The molecule has 0 spiro atoms. The minimum Gasteiger partial charge on any atom is -0.458 e. The zero-order valence-corrected chi connectivity index (χ0v) is 22.5. The van der Waals surface area contributed by atoms with Crippen LogP contribution in [0.25, 0.3) is 11.0 Å². The van der Waals surface area contributed by atoms with Gasteiger partial charge in [0.2, 0.25) is 11.9 Å². The lowest BCUT2D eigenvalue weighted by molar-refractivity contribution is -0.118. The van der Waals surface area contributed by atoms with Crippen molar-refractivity contribution in [3.05, 3.63) is 70.1 Å². The molecule has 204 valence electrons. The lowest BCUT2D eigenvalue weighted by atomic mass is 10.1. The molecule has 0 radical (unpaired) electrons. The number of nitrogens with one attached hydrogen (secondary N) is 2. The number of amides is 1. The predicted octanol–water partition coefficient (Wildman–Crippen LogP) is 4.09. The maximum absolute atomic E-state index is 13.4. The molecule has 1 aromatic carbocycles. The monoisotopic (exact) mass is 530 g/mol. The SMILES string of the molecule is C=N/C(=C\C(=C/C)Oc1ccc2nc(Nc3cc(C4CC4)cn(CC4(CO)CC4)c3=O)n(C)c2c1)NC(C)=O. The number of benzene rings is 1. The average molecular weight is 531 g/mol. The van der Waals surface area contributed by atoms with Crippen LogP contribution in [0.5, 0.6) is 5.75 Å². The second-order valence-corrected chi connectivity index (χ2v) is 10.5. The minimum absolute atomic E-state index is 0.0917. The van der Waals surface area contributed by atoms with Crippen LogP contribution in [0.4, 0.5) is 11.6 Å². The number of allylic oxidation sites excluding steroid dienone is 2. The molecule has 10 nitrogen and oxygen atoms in total. The van der Waals surface area contributed by atoms with Crippen molar-refractivity contribution in [2.24, 2.45) is 17.5 Å². The minimum atomic E-state index is -0.254. The lowest BCUT2D eigenvalue weighted by Gasteiger charge is -2.17. The summed E-state index contributed by atoms with van der Waals surface area (Å²) in [5.74, 6) is 2.10. The van der Waals surface area contributed by atoms with E-state index in [1.54, 1.807) is 22.8 Å². The number of aliphatic hydroxyl groups excluding tert-OH is 1. The van der Waals surface area contributed by atoms with E-state index in [9.17, 15) is 14.7 Å². The second-order valence-electron chi connectivity index (χ2n) is 10.5. The number of ether oxygens (including phenoxy) is 1. The Kier molecular flexibility index (Phi) is 7.14. The van der Waals surface area contributed by atoms with Gasteiger partial charge >= 0.3 is 0 Å². The fourth-order valence-electron chi connectivity index (χ4n) is 4.62. The van der Waals surface area contributed by atoms with Crippen LogP contribution in [0.15, 0.2) is 64.0 Å². The molecule has 0 saturated heterocycles. The highest BCUT2D eigenvalue weighted by Crippen LogP contribution is 2.47. The van der Waals surface area contributed by atoms with Crippen molar-refractivity contribution in [1.82, 2.24) is 19.4 Å². The number of pyridine rings is 1. The molecule has 3 aromatic rings. The van der Waals surface area contributed by atoms with Crippen molar-refractivity contribution >= 4 is 35.3 Å². The van der Waals surface area contributed by atoms with Gasteiger partial charge in [0.05, 0.1) is 17.6 Å². The van der Waals surface area contributed by atoms with Gasteiger partial charge in [-0.2, -0.15) is 0 Å². The number of carbonyl (C=O) groups is 1. The average Bonchev–Trinajstić information content (AvgIpc) is 3.85. The van der Waals surface area contributed by atoms with Gasteiger partial charge in [-0.05, 0) is 75.1 Å². The Morgan fingerprint density at radius 3 is 2.72 bits per heavy atom. The van der Waals surface area contributed by atoms with E-state index in [1.807, 2.05) is 42.9 Å². The standard InChI is InChI=1S/C29H34N6O4/c1-5-21(14-26(30-3)31-18(2)37)39-22-8-9-23-25(13-22)34(4)28(32-23)33-24-12-20(19-6-7-19)15-35(27(24)38)16-29(17-36)10-11-29/h5,8-9,12-15,19,36H,3,6-7,10-11,16-17H2,1-2,4H3,(H,31,37)(H,32,33)/b21-5+,26-14+. The molecule has 0 unspecified atom stereocenters. The molecule has 10 heteroatoms. The smallest absolute Gasteiger partial charge is 0.274 e. The summed E-state index contributed by atoms with van der Waals surface area (Å²) in [6.07, 6.45) is 9.43. The summed E-state index contributed by atoms with van der Waals surface area (Å²) in [6, 6.07) is 7.46. The summed E-state index contributed by atoms with van der Waals surface area (Å²) in [6.45, 7) is 7.31. The van der Waals surface area contributed by atoms with Crippen LogP contribution in [-0.4, -0.2) is 38.5 Å². The van der Waals surface area contributed by atoms with Crippen molar-refractivity contribution in [1.29, 1.82) is 0 Å². The Morgan fingerprint density at radius 2 is 2.10 bits per heavy atom. The number of aliphatic hydroxyl groups is 1. The first-order valence-corrected chi connectivity index (χ1v) is 13.1. The summed E-state index contributed by atoms with van der Waals surface area (Å²) in [7, 11) is 1.88. The molecule has 3 N–H and O–H groups in total. The Hall–Kier alpha value is -4.18. The topological polar surface area (TPSA) is 123 Å². The number of rotatable bonds is 11. The number of aliphatic imine (C=N–C) groups is 1. The molecular weight excluding hydrogens is 496 g/mol. The molecule has 2 aliphatic rings. The molecule has 2 aliphatic carbocycles. The largest absolute Gasteiger partial charge is 0.458 e. The number of fused-ring (bicyclic) bond motifs is 1. The predicted molar refractivity (Wildman–Crippen MR) is 151 cm³/mol. The molecule has 0 atom stereocenters. The number of hydrogen-bond donors (Lipinski definition) is 3. The first-order chi connectivity index (χ1) is 18.7. The fourth-order valence-corrected chi connectivity index (χ4v) is 4.62. The number of imidazole rings is 1. The van der Waals surface area contributed by atoms with Gasteiger partial charge in [0.15, 0.2) is 0 Å². The third-order valence-electron chi connectivity index (χ3n) is 7.33. The van der Waals surface area contributed by atoms with E-state index >= 15 is 0 Å². The number of anilines is 2. The maximum atomic E-state index is 13.4. The van der Waals surface area contributed by atoms with Crippen molar-refractivity contribution < 1.29 is 14.6 Å². The molecule has 0 bridgehead atoms. The quantitative estimate of drug-likeness (QED) is 0.195. The van der Waals surface area contributed by atoms with Gasteiger partial charge in [0, 0.05) is 44.3 Å². The Bertz CT molecular complexity index is 1560. The van der Waals surface area contributed by atoms with E-state index < -0.39 is 0 Å². The van der Waals surface area contributed by atoms with Crippen LogP contribution in [0.1, 0.15) is 51.0 Å². The van der Waals surface area contributed by atoms with Crippen LogP contribution < -0.4 is 20.9 Å². The van der Waals surface area contributed by atoms with Gasteiger partial charge in [0.25, 0.3) is 5.56 Å². The molecule has 1 amide bonds. The van der Waals surface area contributed by atoms with Gasteiger partial charge in [0.1, 0.15) is 23.0 Å². The molecule has 2 fully saturated rings. The van der Waals surface area contributed by atoms with Crippen molar-refractivity contribution in [2.45, 2.75) is 52.0 Å². The van der Waals surface area contributed by atoms with Crippen molar-refractivity contribution in [3.63, 3.8) is 0 Å². The van der Waals surface area contributed by atoms with Crippen molar-refractivity contribution in [2.75, 3.05) is 11.9 Å². The van der Waals surface area contributed by atoms with Crippen LogP contribution in [0.2, 0.25) is 0 Å². The van der Waals surface area contributed by atoms with E-state index in [0.717, 1.165) is 42.3 Å². The van der Waals surface area contributed by atoms with Crippen LogP contribution in [-0.2, 0) is 18.4 Å². The number of aromatic nitrogens is 3. The summed E-state index contributed by atoms with van der Waals surface area (Å²) < 4.78 is 9.66. The van der Waals surface area contributed by atoms with E-state index in [0.29, 0.717) is 35.6 Å². The van der Waals surface area contributed by atoms with Gasteiger partial charge in [-0.25, -0.2) is 9.98 Å². The van der Waals surface area contributed by atoms with E-state index in [1.165, 1.54) is 6.92 Å². The van der Waals surface area contributed by atoms with Gasteiger partial charge < -0.3 is 29.6 Å². The number of carbonyl (C=O) groups excluding carboxylic acids is 1. The van der Waals surface area contributed by atoms with Gasteiger partial charge in [-0.1, -0.05) is 0 Å². The fraction of sp³-hybridized carbons (Fsp3) is 0.379. The number of nitrogens with zero attached hydrogens (tertiary/aromatic N) is 4. The molecule has 2 saturated carbocycles. The Labute approximate surface area is 226 Å². The molecule has 39 heavy (non-hydrogen) atoms. The molecule has 2 heterocycles. The zero-order valence-electron chi connectivity index (χ0n) is 22.5. The molecule has 0 aliphatic heterocycles. The first-order valence-electron chi connectivity index (χ1n) is 13.1.